The summed E-state index contributed by atoms with van der Waals surface area (Å²) in [6.07, 6.45) is 5.48. The van der Waals surface area contributed by atoms with Crippen LogP contribution in [0, 0.1) is 5.92 Å². The molecular weight excluding hydrogens is 452 g/mol. The molecule has 3 heterocycles. The van der Waals surface area contributed by atoms with Gasteiger partial charge in [0.05, 0.1) is 5.02 Å². The fourth-order valence-corrected chi connectivity index (χ4v) is 4.73. The normalized spacial score (nSPS) is 17.7. The van der Waals surface area contributed by atoms with E-state index in [1.54, 1.807) is 6.20 Å². The Labute approximate surface area is 207 Å². The van der Waals surface area contributed by atoms with Crippen LogP contribution in [0.2, 0.25) is 5.02 Å². The number of nitrogens with zero attached hydrogens (tertiary/aromatic N) is 3. The number of nitrogens with one attached hydrogen (secondary N) is 1. The molecular formula is C26H35ClN4O3. The average Bonchev–Trinajstić information content (AvgIpc) is 2.88. The number of rotatable bonds is 9. The topological polar surface area (TPSA) is 66.9 Å². The molecule has 0 radical (unpaired) electrons. The zero-order chi connectivity index (χ0) is 23.8. The number of pyridine rings is 1. The summed E-state index contributed by atoms with van der Waals surface area (Å²) in [5, 5.41) is 3.74. The van der Waals surface area contributed by atoms with Gasteiger partial charge in [-0.25, -0.2) is 4.98 Å². The summed E-state index contributed by atoms with van der Waals surface area (Å²) >= 11 is 5.93. The van der Waals surface area contributed by atoms with Gasteiger partial charge in [-0.2, -0.15) is 0 Å². The standard InChI is InChI=1S/C26H35ClN4O3/c1-30(23-9-14-33-15-10-23)13-16-34-24-4-2-3-20(17-24)18-29-26(32)21-7-11-31(12-8-21)25-6-5-22(27)19-28-25/h2-6,17,19,21,23H,7-16,18H2,1H3,(H,29,32). The minimum absolute atomic E-state index is 0.0312. The number of halogens is 1. The second kappa shape index (κ2) is 12.4. The second-order valence-corrected chi connectivity index (χ2v) is 9.57. The molecule has 2 fully saturated rings. The van der Waals surface area contributed by atoms with Gasteiger partial charge in [0.15, 0.2) is 0 Å². The first-order valence-corrected chi connectivity index (χ1v) is 12.6. The van der Waals surface area contributed by atoms with Gasteiger partial charge >= 0.3 is 0 Å². The third kappa shape index (κ3) is 7.08. The number of benzene rings is 1. The lowest BCUT2D eigenvalue weighted by Crippen LogP contribution is -2.40. The highest BCUT2D eigenvalue weighted by Crippen LogP contribution is 2.23. The van der Waals surface area contributed by atoms with Gasteiger partial charge in [-0.05, 0) is 62.6 Å². The van der Waals surface area contributed by atoms with E-state index in [0.29, 0.717) is 24.2 Å². The van der Waals surface area contributed by atoms with Crippen molar-refractivity contribution in [2.75, 3.05) is 51.4 Å². The molecule has 2 saturated heterocycles. The zero-order valence-electron chi connectivity index (χ0n) is 19.9. The number of aromatic nitrogens is 1. The molecule has 0 atom stereocenters. The third-order valence-electron chi connectivity index (χ3n) is 6.79. The molecule has 34 heavy (non-hydrogen) atoms. The predicted molar refractivity (Wildman–Crippen MR) is 134 cm³/mol. The Morgan fingerprint density at radius 3 is 2.74 bits per heavy atom. The van der Waals surface area contributed by atoms with Gasteiger partial charge in [0, 0.05) is 57.5 Å². The summed E-state index contributed by atoms with van der Waals surface area (Å²) in [4.78, 5) is 21.7. The Morgan fingerprint density at radius 1 is 1.21 bits per heavy atom. The quantitative estimate of drug-likeness (QED) is 0.582. The van der Waals surface area contributed by atoms with E-state index < -0.39 is 0 Å². The van der Waals surface area contributed by atoms with Gasteiger partial charge < -0.3 is 19.7 Å². The maximum absolute atomic E-state index is 12.7. The number of carbonyl (C=O) groups excluding carboxylic acids is 1. The first-order valence-electron chi connectivity index (χ1n) is 12.2. The smallest absolute Gasteiger partial charge is 0.223 e. The van der Waals surface area contributed by atoms with Crippen molar-refractivity contribution in [2.45, 2.75) is 38.3 Å². The van der Waals surface area contributed by atoms with E-state index >= 15 is 0 Å². The van der Waals surface area contributed by atoms with Crippen LogP contribution in [0.25, 0.3) is 0 Å². The van der Waals surface area contributed by atoms with Crippen LogP contribution < -0.4 is 15.0 Å². The first kappa shape index (κ1) is 24.8. The largest absolute Gasteiger partial charge is 0.492 e. The maximum Gasteiger partial charge on any atom is 0.223 e. The molecule has 4 rings (SSSR count). The van der Waals surface area contributed by atoms with Crippen LogP contribution in [0.4, 0.5) is 5.82 Å². The Bertz CT molecular complexity index is 913. The minimum Gasteiger partial charge on any atom is -0.492 e. The molecule has 2 aliphatic rings. The van der Waals surface area contributed by atoms with Crippen LogP contribution >= 0.6 is 11.6 Å². The van der Waals surface area contributed by atoms with Crippen LogP contribution in [0.3, 0.4) is 0 Å². The van der Waals surface area contributed by atoms with Crippen LogP contribution in [0.15, 0.2) is 42.6 Å². The number of ether oxygens (including phenoxy) is 2. The molecule has 1 aromatic heterocycles. The second-order valence-electron chi connectivity index (χ2n) is 9.13. The summed E-state index contributed by atoms with van der Waals surface area (Å²) in [6, 6.07) is 12.4. The van der Waals surface area contributed by atoms with E-state index in [1.165, 1.54) is 0 Å². The highest BCUT2D eigenvalue weighted by molar-refractivity contribution is 6.30. The highest BCUT2D eigenvalue weighted by Gasteiger charge is 2.25. The van der Waals surface area contributed by atoms with E-state index in [4.69, 9.17) is 21.1 Å². The third-order valence-corrected chi connectivity index (χ3v) is 7.02. The van der Waals surface area contributed by atoms with Crippen molar-refractivity contribution in [3.63, 3.8) is 0 Å². The monoisotopic (exact) mass is 486 g/mol. The van der Waals surface area contributed by atoms with Gasteiger partial charge in [-0.3, -0.25) is 9.69 Å². The number of hydrogen-bond donors (Lipinski definition) is 1. The molecule has 0 saturated carbocycles. The number of amides is 1. The lowest BCUT2D eigenvalue weighted by Gasteiger charge is -2.32. The van der Waals surface area contributed by atoms with Crippen molar-refractivity contribution in [3.8, 4) is 5.75 Å². The Morgan fingerprint density at radius 2 is 2.00 bits per heavy atom. The molecule has 0 aliphatic carbocycles. The molecule has 1 amide bonds. The molecule has 7 nitrogen and oxygen atoms in total. The van der Waals surface area contributed by atoms with Gasteiger partial charge in [0.25, 0.3) is 0 Å². The molecule has 184 valence electrons. The van der Waals surface area contributed by atoms with E-state index in [9.17, 15) is 4.79 Å². The molecule has 0 spiro atoms. The lowest BCUT2D eigenvalue weighted by molar-refractivity contribution is -0.125. The summed E-state index contributed by atoms with van der Waals surface area (Å²) < 4.78 is 11.4. The van der Waals surface area contributed by atoms with Crippen molar-refractivity contribution < 1.29 is 14.3 Å². The molecule has 2 aliphatic heterocycles. The van der Waals surface area contributed by atoms with Crippen molar-refractivity contribution in [1.29, 1.82) is 0 Å². The van der Waals surface area contributed by atoms with Gasteiger partial charge in [-0.1, -0.05) is 23.7 Å². The molecule has 0 unspecified atom stereocenters. The lowest BCUT2D eigenvalue weighted by atomic mass is 9.96. The summed E-state index contributed by atoms with van der Waals surface area (Å²) in [5.74, 6) is 1.91. The Kier molecular flexibility index (Phi) is 9.02. The highest BCUT2D eigenvalue weighted by atomic mass is 35.5. The SMILES string of the molecule is CN(CCOc1cccc(CNC(=O)C2CCN(c3ccc(Cl)cn3)CC2)c1)C1CCOCC1. The van der Waals surface area contributed by atoms with E-state index in [-0.39, 0.29) is 11.8 Å². The summed E-state index contributed by atoms with van der Waals surface area (Å²) in [5.41, 5.74) is 1.05. The molecule has 2 aromatic rings. The van der Waals surface area contributed by atoms with Gasteiger partial charge in [0.1, 0.15) is 18.2 Å². The molecule has 1 N–H and O–H groups in total. The first-order chi connectivity index (χ1) is 16.6. The van der Waals surface area contributed by atoms with Crippen molar-refractivity contribution in [1.82, 2.24) is 15.2 Å². The minimum atomic E-state index is 0.0312. The van der Waals surface area contributed by atoms with Crippen LogP contribution in [-0.4, -0.2) is 68.3 Å². The number of piperidine rings is 1. The van der Waals surface area contributed by atoms with Gasteiger partial charge in [0.2, 0.25) is 5.91 Å². The summed E-state index contributed by atoms with van der Waals surface area (Å²) in [6.45, 7) is 5.37. The molecule has 0 bridgehead atoms. The molecule has 1 aromatic carbocycles. The van der Waals surface area contributed by atoms with Crippen LogP contribution in [-0.2, 0) is 16.1 Å². The Hall–Kier alpha value is -2.35. The average molecular weight is 487 g/mol. The number of hydrogen-bond acceptors (Lipinski definition) is 6. The summed E-state index contributed by atoms with van der Waals surface area (Å²) in [7, 11) is 2.15. The van der Waals surface area contributed by atoms with Crippen LogP contribution in [0.1, 0.15) is 31.2 Å². The number of likely N-dealkylation sites (N-methyl/N-ethyl adjacent to an activating group) is 1. The van der Waals surface area contributed by atoms with Crippen molar-refractivity contribution >= 4 is 23.3 Å². The number of anilines is 1. The van der Waals surface area contributed by atoms with E-state index in [1.807, 2.05) is 36.4 Å². The fourth-order valence-electron chi connectivity index (χ4n) is 4.62. The van der Waals surface area contributed by atoms with Crippen LogP contribution in [0.5, 0.6) is 5.75 Å². The zero-order valence-corrected chi connectivity index (χ0v) is 20.7. The maximum atomic E-state index is 12.7. The molecule has 8 heteroatoms. The van der Waals surface area contributed by atoms with Crippen molar-refractivity contribution in [2.24, 2.45) is 5.92 Å². The number of carbonyl (C=O) groups is 1. The predicted octanol–water partition coefficient (Wildman–Crippen LogP) is 3.76. The van der Waals surface area contributed by atoms with E-state index in [2.05, 4.69) is 27.1 Å². The van der Waals surface area contributed by atoms with E-state index in [0.717, 1.165) is 75.7 Å². The Balaban J connectivity index is 1.17. The van der Waals surface area contributed by atoms with Gasteiger partial charge in [-0.15, -0.1) is 0 Å². The van der Waals surface area contributed by atoms with Crippen molar-refractivity contribution in [3.05, 3.63) is 53.2 Å². The fraction of sp³-hybridized carbons (Fsp3) is 0.538.